The van der Waals surface area contributed by atoms with Gasteiger partial charge in [0, 0.05) is 31.5 Å². The van der Waals surface area contributed by atoms with Crippen LogP contribution in [-0.4, -0.2) is 33.2 Å². The Morgan fingerprint density at radius 3 is 3.09 bits per heavy atom. The van der Waals surface area contributed by atoms with Crippen LogP contribution in [0, 0.1) is 6.92 Å². The second-order valence-corrected chi connectivity index (χ2v) is 5.08. The molecule has 114 valence electrons. The molecule has 0 spiro atoms. The summed E-state index contributed by atoms with van der Waals surface area (Å²) in [6.45, 7) is 3.25. The van der Waals surface area contributed by atoms with E-state index in [1.54, 1.807) is 10.7 Å². The standard InChI is InChI=1S/C16H18N4O2/c1-13-3-2-4-14(11-13)22-12-15(21)17-7-8-19-9-10-20-16(19)5-6-18-20/h2-6,9-11H,7-8,12H2,1H3,(H,17,21). The zero-order chi connectivity index (χ0) is 15.4. The Labute approximate surface area is 128 Å². The number of imidazole rings is 1. The van der Waals surface area contributed by atoms with Gasteiger partial charge in [-0.25, -0.2) is 4.52 Å². The summed E-state index contributed by atoms with van der Waals surface area (Å²) in [5, 5.41) is 6.99. The number of hydrogen-bond acceptors (Lipinski definition) is 3. The molecule has 2 aromatic heterocycles. The summed E-state index contributed by atoms with van der Waals surface area (Å²) in [5.41, 5.74) is 2.11. The van der Waals surface area contributed by atoms with E-state index < -0.39 is 0 Å². The quantitative estimate of drug-likeness (QED) is 0.752. The lowest BCUT2D eigenvalue weighted by Crippen LogP contribution is -2.31. The number of aromatic nitrogens is 3. The van der Waals surface area contributed by atoms with Gasteiger partial charge in [0.25, 0.3) is 5.91 Å². The Kier molecular flexibility index (Phi) is 4.09. The molecule has 1 aromatic carbocycles. The van der Waals surface area contributed by atoms with Gasteiger partial charge in [-0.1, -0.05) is 12.1 Å². The Morgan fingerprint density at radius 1 is 1.32 bits per heavy atom. The molecule has 3 aromatic rings. The highest BCUT2D eigenvalue weighted by Crippen LogP contribution is 2.11. The van der Waals surface area contributed by atoms with E-state index in [2.05, 4.69) is 10.4 Å². The molecule has 0 atom stereocenters. The van der Waals surface area contributed by atoms with E-state index >= 15 is 0 Å². The number of amides is 1. The van der Waals surface area contributed by atoms with Crippen molar-refractivity contribution in [1.29, 1.82) is 0 Å². The van der Waals surface area contributed by atoms with E-state index in [1.807, 2.05) is 54.2 Å². The number of fused-ring (bicyclic) bond motifs is 1. The van der Waals surface area contributed by atoms with E-state index in [4.69, 9.17) is 4.74 Å². The van der Waals surface area contributed by atoms with E-state index in [0.717, 1.165) is 11.2 Å². The highest BCUT2D eigenvalue weighted by Gasteiger charge is 2.04. The first-order chi connectivity index (χ1) is 10.7. The summed E-state index contributed by atoms with van der Waals surface area (Å²) in [6, 6.07) is 9.58. The Hall–Kier alpha value is -2.76. The molecule has 0 saturated carbocycles. The van der Waals surface area contributed by atoms with Crippen molar-refractivity contribution in [2.24, 2.45) is 0 Å². The Balaban J connectivity index is 1.44. The normalized spacial score (nSPS) is 10.8. The minimum atomic E-state index is -0.127. The summed E-state index contributed by atoms with van der Waals surface area (Å²) in [7, 11) is 0. The fourth-order valence-electron chi connectivity index (χ4n) is 2.28. The molecule has 0 saturated heterocycles. The molecule has 0 fully saturated rings. The van der Waals surface area contributed by atoms with Crippen LogP contribution in [-0.2, 0) is 11.3 Å². The lowest BCUT2D eigenvalue weighted by Gasteiger charge is -2.08. The van der Waals surface area contributed by atoms with Crippen LogP contribution in [0.15, 0.2) is 48.9 Å². The predicted molar refractivity (Wildman–Crippen MR) is 82.9 cm³/mol. The average Bonchev–Trinajstić information content (AvgIpc) is 3.10. The van der Waals surface area contributed by atoms with Gasteiger partial charge in [0.15, 0.2) is 6.61 Å². The molecule has 0 unspecified atom stereocenters. The molecule has 6 heteroatoms. The molecule has 1 N–H and O–H groups in total. The molecule has 0 aliphatic carbocycles. The average molecular weight is 298 g/mol. The minimum Gasteiger partial charge on any atom is -0.484 e. The van der Waals surface area contributed by atoms with Gasteiger partial charge in [-0.05, 0) is 24.6 Å². The van der Waals surface area contributed by atoms with Crippen LogP contribution in [0.1, 0.15) is 5.56 Å². The van der Waals surface area contributed by atoms with Crippen LogP contribution in [0.4, 0.5) is 0 Å². The first kappa shape index (κ1) is 14.2. The maximum atomic E-state index is 11.8. The maximum Gasteiger partial charge on any atom is 0.258 e. The predicted octanol–water partition coefficient (Wildman–Crippen LogP) is 1.64. The second kappa shape index (κ2) is 6.34. The summed E-state index contributed by atoms with van der Waals surface area (Å²) in [6.07, 6.45) is 5.58. The third kappa shape index (κ3) is 3.28. The lowest BCUT2D eigenvalue weighted by molar-refractivity contribution is -0.123. The van der Waals surface area contributed by atoms with E-state index in [-0.39, 0.29) is 12.5 Å². The van der Waals surface area contributed by atoms with Gasteiger partial charge in [0.1, 0.15) is 11.4 Å². The van der Waals surface area contributed by atoms with Crippen molar-refractivity contribution < 1.29 is 9.53 Å². The first-order valence-electron chi connectivity index (χ1n) is 7.17. The SMILES string of the molecule is Cc1cccc(OCC(=O)NCCn2ccn3nccc23)c1. The molecule has 1 amide bonds. The van der Waals surface area contributed by atoms with Crippen molar-refractivity contribution in [2.45, 2.75) is 13.5 Å². The highest BCUT2D eigenvalue weighted by molar-refractivity contribution is 5.77. The minimum absolute atomic E-state index is 0.0250. The summed E-state index contributed by atoms with van der Waals surface area (Å²) in [5.74, 6) is 0.583. The van der Waals surface area contributed by atoms with E-state index in [1.165, 1.54) is 0 Å². The van der Waals surface area contributed by atoms with Gasteiger partial charge in [0.05, 0.1) is 6.20 Å². The fourth-order valence-corrected chi connectivity index (χ4v) is 2.28. The number of hydrogen-bond donors (Lipinski definition) is 1. The smallest absolute Gasteiger partial charge is 0.258 e. The van der Waals surface area contributed by atoms with Crippen LogP contribution < -0.4 is 10.1 Å². The van der Waals surface area contributed by atoms with E-state index in [9.17, 15) is 4.79 Å². The van der Waals surface area contributed by atoms with Gasteiger partial charge in [-0.15, -0.1) is 0 Å². The van der Waals surface area contributed by atoms with Crippen LogP contribution >= 0.6 is 0 Å². The van der Waals surface area contributed by atoms with Crippen LogP contribution in [0.3, 0.4) is 0 Å². The van der Waals surface area contributed by atoms with Crippen LogP contribution in [0.5, 0.6) is 5.75 Å². The molecular weight excluding hydrogens is 280 g/mol. The largest absolute Gasteiger partial charge is 0.484 e. The zero-order valence-corrected chi connectivity index (χ0v) is 12.4. The van der Waals surface area contributed by atoms with Crippen LogP contribution in [0.2, 0.25) is 0 Å². The molecule has 0 radical (unpaired) electrons. The number of aryl methyl sites for hydroxylation is 1. The molecule has 6 nitrogen and oxygen atoms in total. The van der Waals surface area contributed by atoms with Gasteiger partial charge >= 0.3 is 0 Å². The van der Waals surface area contributed by atoms with Gasteiger partial charge in [-0.3, -0.25) is 4.79 Å². The topological polar surface area (TPSA) is 60.6 Å². The number of benzene rings is 1. The van der Waals surface area contributed by atoms with Crippen molar-refractivity contribution in [2.75, 3.05) is 13.2 Å². The molecular formula is C16H18N4O2. The second-order valence-electron chi connectivity index (χ2n) is 5.08. The molecule has 0 aliphatic heterocycles. The summed E-state index contributed by atoms with van der Waals surface area (Å²) < 4.78 is 9.29. The lowest BCUT2D eigenvalue weighted by atomic mass is 10.2. The molecule has 0 aliphatic rings. The van der Waals surface area contributed by atoms with Crippen molar-refractivity contribution in [3.05, 3.63) is 54.5 Å². The monoisotopic (exact) mass is 298 g/mol. The number of nitrogens with one attached hydrogen (secondary N) is 1. The van der Waals surface area contributed by atoms with Crippen molar-refractivity contribution in [3.8, 4) is 5.75 Å². The van der Waals surface area contributed by atoms with E-state index in [0.29, 0.717) is 18.8 Å². The third-order valence-electron chi connectivity index (χ3n) is 3.37. The molecule has 2 heterocycles. The number of rotatable bonds is 6. The van der Waals surface area contributed by atoms with Gasteiger partial charge in [-0.2, -0.15) is 5.10 Å². The maximum absolute atomic E-state index is 11.8. The third-order valence-corrected chi connectivity index (χ3v) is 3.37. The number of carbonyl (C=O) groups is 1. The summed E-state index contributed by atoms with van der Waals surface area (Å²) >= 11 is 0. The fraction of sp³-hybridized carbons (Fsp3) is 0.250. The molecule has 3 rings (SSSR count). The van der Waals surface area contributed by atoms with Crippen LogP contribution in [0.25, 0.3) is 5.65 Å². The zero-order valence-electron chi connectivity index (χ0n) is 12.4. The van der Waals surface area contributed by atoms with Crippen molar-refractivity contribution >= 4 is 11.6 Å². The Morgan fingerprint density at radius 2 is 2.23 bits per heavy atom. The molecule has 22 heavy (non-hydrogen) atoms. The van der Waals surface area contributed by atoms with Gasteiger partial charge < -0.3 is 14.6 Å². The molecule has 0 bridgehead atoms. The summed E-state index contributed by atoms with van der Waals surface area (Å²) in [4.78, 5) is 11.8. The first-order valence-corrected chi connectivity index (χ1v) is 7.17. The van der Waals surface area contributed by atoms with Gasteiger partial charge in [0.2, 0.25) is 0 Å². The Bertz CT molecular complexity index is 775. The van der Waals surface area contributed by atoms with Crippen molar-refractivity contribution in [1.82, 2.24) is 19.5 Å². The number of carbonyl (C=O) groups excluding carboxylic acids is 1. The number of ether oxygens (including phenoxy) is 1. The highest BCUT2D eigenvalue weighted by atomic mass is 16.5. The van der Waals surface area contributed by atoms with Crippen molar-refractivity contribution in [3.63, 3.8) is 0 Å². The number of nitrogens with zero attached hydrogens (tertiary/aromatic N) is 3.